The lowest BCUT2D eigenvalue weighted by Crippen LogP contribution is -2.72. The van der Waals surface area contributed by atoms with Gasteiger partial charge in [0, 0.05) is 19.6 Å². The highest BCUT2D eigenvalue weighted by Gasteiger charge is 2.62. The lowest BCUT2D eigenvalue weighted by atomic mass is 9.79. The molecule has 3 rings (SSSR count). The number of piperidine rings is 1. The average molecular weight is 434 g/mol. The van der Waals surface area contributed by atoms with Crippen LogP contribution in [0.15, 0.2) is 30.3 Å². The second-order valence-corrected chi connectivity index (χ2v) is 9.56. The minimum Gasteiger partial charge on any atom is -0.454 e. The number of alkyl halides is 3. The number of esters is 1. The highest BCUT2D eigenvalue weighted by atomic mass is 32.0. The van der Waals surface area contributed by atoms with Crippen LogP contribution in [-0.2, 0) is 14.9 Å². The Morgan fingerprint density at radius 3 is 2.43 bits per heavy atom. The van der Waals surface area contributed by atoms with E-state index in [0.29, 0.717) is 21.5 Å². The van der Waals surface area contributed by atoms with Crippen molar-refractivity contribution in [2.24, 2.45) is 0 Å². The second-order valence-electron chi connectivity index (χ2n) is 7.95. The van der Waals surface area contributed by atoms with Gasteiger partial charge in [0.25, 0.3) is 0 Å². The maximum atomic E-state index is 14.1. The van der Waals surface area contributed by atoms with Gasteiger partial charge in [0.1, 0.15) is 0 Å². The third kappa shape index (κ3) is 3.84. The Hall–Kier alpha value is -0.740. The van der Waals surface area contributed by atoms with Crippen molar-refractivity contribution < 1.29 is 22.7 Å². The molecule has 2 aliphatic heterocycles. The molecule has 4 nitrogen and oxygen atoms in total. The van der Waals surface area contributed by atoms with Crippen LogP contribution >= 0.6 is 17.3 Å². The maximum Gasteiger partial charge on any atom is 0.408 e. The largest absolute Gasteiger partial charge is 0.454 e. The number of ether oxygens (including phenoxy) is 1. The summed E-state index contributed by atoms with van der Waals surface area (Å²) in [5.41, 5.74) is -3.68. The zero-order chi connectivity index (χ0) is 20.6. The number of hydrogen-bond donors (Lipinski definition) is 0. The topological polar surface area (TPSA) is 32.8 Å². The molecule has 4 atom stereocenters. The Bertz CT molecular complexity index is 698. The number of likely N-dealkylation sites (N-methyl/N-ethyl adjacent to an activating group) is 1. The molecule has 2 heterocycles. The summed E-state index contributed by atoms with van der Waals surface area (Å²) < 4.78 is 50.3. The predicted octanol–water partition coefficient (Wildman–Crippen LogP) is 3.97. The molecule has 0 aliphatic carbocycles. The summed E-state index contributed by atoms with van der Waals surface area (Å²) in [6.45, 7) is 2.72. The van der Waals surface area contributed by atoms with Gasteiger partial charge in [-0.1, -0.05) is 45.7 Å². The van der Waals surface area contributed by atoms with Gasteiger partial charge in [-0.05, 0) is 40.8 Å². The molecule has 0 spiro atoms. The monoisotopic (exact) mass is 434 g/mol. The van der Waals surface area contributed by atoms with Crippen LogP contribution in [0.4, 0.5) is 13.2 Å². The molecule has 156 valence electrons. The first-order valence-corrected chi connectivity index (χ1v) is 12.2. The third-order valence-corrected chi connectivity index (χ3v) is 7.84. The van der Waals surface area contributed by atoms with E-state index in [1.807, 2.05) is 11.9 Å². The van der Waals surface area contributed by atoms with Crippen LogP contribution in [-0.4, -0.2) is 60.0 Å². The first-order valence-electron chi connectivity index (χ1n) is 9.41. The fourth-order valence-electron chi connectivity index (χ4n) is 4.30. The van der Waals surface area contributed by atoms with Crippen molar-refractivity contribution in [3.8, 4) is 0 Å². The molecule has 0 N–H and O–H groups in total. The molecule has 2 fully saturated rings. The van der Waals surface area contributed by atoms with Gasteiger partial charge in [0.05, 0.1) is 6.04 Å². The van der Waals surface area contributed by atoms with Gasteiger partial charge in [-0.25, -0.2) is 0 Å². The fraction of sp³-hybridized carbons (Fsp3) is 0.632. The van der Waals surface area contributed by atoms with E-state index < -0.39 is 23.2 Å². The Labute approximate surface area is 168 Å². The normalized spacial score (nSPS) is 26.0. The van der Waals surface area contributed by atoms with Crippen LogP contribution in [0.1, 0.15) is 31.7 Å². The number of likely N-dealkylation sites (tertiary alicyclic amines) is 1. The first-order chi connectivity index (χ1) is 13.1. The number of rotatable bonds is 5. The summed E-state index contributed by atoms with van der Waals surface area (Å²) >= 11 is 0. The Morgan fingerprint density at radius 1 is 1.25 bits per heavy atom. The number of hydrogen-bond acceptors (Lipinski definition) is 4. The molecule has 3 unspecified atom stereocenters. The quantitative estimate of drug-likeness (QED) is 0.519. The fourth-order valence-corrected chi connectivity index (χ4v) is 6.06. The highest BCUT2D eigenvalue weighted by Crippen LogP contribution is 2.46. The summed E-state index contributed by atoms with van der Waals surface area (Å²) in [7, 11) is 5.05. The van der Waals surface area contributed by atoms with Crippen molar-refractivity contribution in [2.45, 2.75) is 49.4 Å². The zero-order valence-electron chi connectivity index (χ0n) is 16.1. The summed E-state index contributed by atoms with van der Waals surface area (Å²) in [5.74, 6) is -1.21. The molecule has 2 saturated heterocycles. The Kier molecular flexibility index (Phi) is 6.41. The molecule has 0 amide bonds. The second kappa shape index (κ2) is 8.18. The van der Waals surface area contributed by atoms with Crippen molar-refractivity contribution in [3.05, 3.63) is 35.9 Å². The standard InChI is InChI=1S/C19H27F3N2O2P2/c1-17(19(20,21)22,14-8-4-3-5-9-14)16(25)26-18(12-23(2)13-18)15-10-6-7-11-24(15)28-27/h3-5,8-9,15,28H,6-7,10-13,27H2,1-2H3/t15?,17-/m1/s1. The molecule has 0 radical (unpaired) electrons. The number of carbonyl (C=O) groups excluding carboxylic acids is 1. The minimum absolute atomic E-state index is 0.0505. The molecule has 0 bridgehead atoms. The van der Waals surface area contributed by atoms with Gasteiger partial charge in [0.2, 0.25) is 0 Å². The summed E-state index contributed by atoms with van der Waals surface area (Å²) in [6, 6.07) is 7.28. The smallest absolute Gasteiger partial charge is 0.408 e. The van der Waals surface area contributed by atoms with Crippen LogP contribution in [0.25, 0.3) is 0 Å². The molecule has 2 aliphatic rings. The van der Waals surface area contributed by atoms with Crippen molar-refractivity contribution >= 4 is 23.3 Å². The molecular formula is C19H27F3N2O2P2. The SMILES string of the molecule is CN1CC(OC(=O)[C@@](C)(c2ccccc2)C(F)(F)F)(C2CCCCN2PP)C1. The zero-order valence-corrected chi connectivity index (χ0v) is 18.3. The van der Waals surface area contributed by atoms with Gasteiger partial charge in [-0.2, -0.15) is 13.2 Å². The van der Waals surface area contributed by atoms with Crippen molar-refractivity contribution in [3.63, 3.8) is 0 Å². The Balaban J connectivity index is 1.93. The van der Waals surface area contributed by atoms with Gasteiger partial charge >= 0.3 is 12.1 Å². The number of nitrogens with zero attached hydrogens (tertiary/aromatic N) is 2. The van der Waals surface area contributed by atoms with Gasteiger partial charge in [-0.3, -0.25) is 14.4 Å². The average Bonchev–Trinajstić information content (AvgIpc) is 2.65. The molecule has 9 heteroatoms. The van der Waals surface area contributed by atoms with Crippen molar-refractivity contribution in [1.82, 2.24) is 9.57 Å². The van der Waals surface area contributed by atoms with E-state index in [1.165, 1.54) is 24.3 Å². The molecule has 28 heavy (non-hydrogen) atoms. The van der Waals surface area contributed by atoms with E-state index in [0.717, 1.165) is 32.7 Å². The van der Waals surface area contributed by atoms with Gasteiger partial charge in [-0.15, -0.1) is 0 Å². The molecule has 0 aromatic heterocycles. The maximum absolute atomic E-state index is 14.1. The van der Waals surface area contributed by atoms with Crippen LogP contribution in [0.5, 0.6) is 0 Å². The molecular weight excluding hydrogens is 407 g/mol. The van der Waals surface area contributed by atoms with Crippen LogP contribution < -0.4 is 0 Å². The summed E-state index contributed by atoms with van der Waals surface area (Å²) in [6.07, 6.45) is -1.87. The van der Waals surface area contributed by atoms with Crippen LogP contribution in [0.3, 0.4) is 0 Å². The van der Waals surface area contributed by atoms with Crippen molar-refractivity contribution in [2.75, 3.05) is 26.7 Å². The van der Waals surface area contributed by atoms with Crippen LogP contribution in [0.2, 0.25) is 0 Å². The van der Waals surface area contributed by atoms with E-state index in [4.69, 9.17) is 4.74 Å². The van der Waals surface area contributed by atoms with Gasteiger partial charge < -0.3 is 4.74 Å². The lowest BCUT2D eigenvalue weighted by Gasteiger charge is -2.56. The minimum atomic E-state index is -4.75. The van der Waals surface area contributed by atoms with Crippen LogP contribution in [0, 0.1) is 0 Å². The number of carbonyl (C=O) groups is 1. The van der Waals surface area contributed by atoms with E-state index in [1.54, 1.807) is 6.07 Å². The van der Waals surface area contributed by atoms with Gasteiger partial charge in [0.15, 0.2) is 11.0 Å². The summed E-state index contributed by atoms with van der Waals surface area (Å²) in [5, 5.41) is 0. The molecule has 0 saturated carbocycles. The van der Waals surface area contributed by atoms with E-state index >= 15 is 0 Å². The summed E-state index contributed by atoms with van der Waals surface area (Å²) in [4.78, 5) is 15.1. The Morgan fingerprint density at radius 2 is 1.89 bits per heavy atom. The predicted molar refractivity (Wildman–Crippen MR) is 109 cm³/mol. The number of halogens is 3. The van der Waals surface area contributed by atoms with E-state index in [2.05, 4.69) is 13.6 Å². The van der Waals surface area contributed by atoms with E-state index in [9.17, 15) is 18.0 Å². The molecule has 1 aromatic carbocycles. The third-order valence-electron chi connectivity index (χ3n) is 5.97. The lowest BCUT2D eigenvalue weighted by molar-refractivity contribution is -0.230. The molecule has 1 aromatic rings. The van der Waals surface area contributed by atoms with E-state index in [-0.39, 0.29) is 11.6 Å². The number of benzene rings is 1. The van der Waals surface area contributed by atoms with Crippen molar-refractivity contribution in [1.29, 1.82) is 0 Å². The highest BCUT2D eigenvalue weighted by molar-refractivity contribution is 8.01. The first kappa shape index (κ1) is 22.0.